The van der Waals surface area contributed by atoms with E-state index in [1.807, 2.05) is 36.4 Å². The second-order valence-corrected chi connectivity index (χ2v) is 13.1. The van der Waals surface area contributed by atoms with E-state index in [2.05, 4.69) is 66.1 Å². The fraction of sp³-hybridized carbons (Fsp3) is 0.375. The molecule has 0 bridgehead atoms. The van der Waals surface area contributed by atoms with Crippen molar-refractivity contribution in [3.05, 3.63) is 74.4 Å². The molecule has 0 spiro atoms. The lowest BCUT2D eigenvalue weighted by molar-refractivity contribution is 0.0976. The number of benzene rings is 3. The van der Waals surface area contributed by atoms with Gasteiger partial charge in [0.1, 0.15) is 0 Å². The Morgan fingerprint density at radius 3 is 1.74 bits per heavy atom. The predicted octanol–water partition coefficient (Wildman–Crippen LogP) is 9.53. The van der Waals surface area contributed by atoms with Crippen molar-refractivity contribution in [3.63, 3.8) is 0 Å². The van der Waals surface area contributed by atoms with E-state index >= 15 is 0 Å². The lowest BCUT2D eigenvalue weighted by Crippen LogP contribution is -2.26. The number of fused-ring (bicyclic) bond motifs is 2. The number of thioether (sulfide) groups is 1. The number of halogens is 1. The molecule has 3 aromatic rings. The molecule has 0 unspecified atom stereocenters. The van der Waals surface area contributed by atoms with Crippen LogP contribution >= 0.6 is 46.1 Å². The molecule has 4 nitrogen and oxygen atoms in total. The van der Waals surface area contributed by atoms with Crippen LogP contribution in [0.1, 0.15) is 91.1 Å². The lowest BCUT2D eigenvalue weighted by Gasteiger charge is -2.27. The number of rotatable bonds is 14. The summed E-state index contributed by atoms with van der Waals surface area (Å²) in [5.74, 6) is 0.801. The van der Waals surface area contributed by atoms with Gasteiger partial charge in [-0.3, -0.25) is 9.59 Å². The van der Waals surface area contributed by atoms with Gasteiger partial charge >= 0.3 is 0 Å². The van der Waals surface area contributed by atoms with Gasteiger partial charge in [-0.05, 0) is 84.0 Å². The summed E-state index contributed by atoms with van der Waals surface area (Å²) in [6.07, 6.45) is 6.26. The Morgan fingerprint density at radius 1 is 0.641 bits per heavy atom. The average Bonchev–Trinajstić information content (AvgIpc) is 2.94. The van der Waals surface area contributed by atoms with Crippen LogP contribution in [-0.2, 0) is 0 Å². The van der Waals surface area contributed by atoms with E-state index in [0.29, 0.717) is 22.3 Å². The molecule has 0 aliphatic heterocycles. The molecule has 1 aliphatic rings. The van der Waals surface area contributed by atoms with Crippen LogP contribution in [0.3, 0.4) is 0 Å². The molecule has 0 radical (unpaired) electrons. The quantitative estimate of drug-likeness (QED) is 0.0791. The van der Waals surface area contributed by atoms with E-state index in [1.54, 1.807) is 23.5 Å². The summed E-state index contributed by atoms with van der Waals surface area (Å²) >= 11 is 5.57. The van der Waals surface area contributed by atoms with E-state index in [-0.39, 0.29) is 11.6 Å². The van der Waals surface area contributed by atoms with Crippen molar-refractivity contribution in [1.82, 2.24) is 0 Å². The first kappa shape index (κ1) is 30.0. The summed E-state index contributed by atoms with van der Waals surface area (Å²) < 4.78 is 1.12. The molecular weight excluding hydrogens is 635 g/mol. The third-order valence-corrected chi connectivity index (χ3v) is 10.3. The van der Waals surface area contributed by atoms with Gasteiger partial charge in [0.25, 0.3) is 0 Å². The monoisotopic (exact) mass is 672 g/mol. The highest BCUT2D eigenvalue weighted by Gasteiger charge is 2.37. The number of hydrogen-bond donors (Lipinski definition) is 2. The highest BCUT2D eigenvalue weighted by atomic mass is 127. The zero-order valence-electron chi connectivity index (χ0n) is 23.0. The van der Waals surface area contributed by atoms with Gasteiger partial charge in [0, 0.05) is 53.8 Å². The third-order valence-electron chi connectivity index (χ3n) is 6.75. The van der Waals surface area contributed by atoms with Gasteiger partial charge in [0.2, 0.25) is 0 Å². The SMILES string of the molecule is CCCCNc1ccc(SCCCC)c2c1C(=O)c1c(Sc3ccccc3I)ccc(NCCCC)c1C2=O. The van der Waals surface area contributed by atoms with Gasteiger partial charge in [-0.25, -0.2) is 0 Å². The van der Waals surface area contributed by atoms with Gasteiger partial charge in [-0.1, -0.05) is 63.9 Å². The third kappa shape index (κ3) is 6.85. The summed E-state index contributed by atoms with van der Waals surface area (Å²) in [6.45, 7) is 8.00. The van der Waals surface area contributed by atoms with Crippen molar-refractivity contribution < 1.29 is 9.59 Å². The predicted molar refractivity (Wildman–Crippen MR) is 175 cm³/mol. The highest BCUT2D eigenvalue weighted by Crippen LogP contribution is 2.45. The number of carbonyl (C=O) groups excluding carboxylic acids is 2. The van der Waals surface area contributed by atoms with Crippen LogP contribution in [0.2, 0.25) is 0 Å². The van der Waals surface area contributed by atoms with Crippen LogP contribution in [0.5, 0.6) is 0 Å². The maximum atomic E-state index is 14.5. The van der Waals surface area contributed by atoms with Crippen molar-refractivity contribution in [1.29, 1.82) is 0 Å². The second kappa shape index (κ2) is 14.6. The Bertz CT molecular complexity index is 1340. The van der Waals surface area contributed by atoms with Crippen LogP contribution in [0.15, 0.2) is 63.2 Å². The van der Waals surface area contributed by atoms with Crippen LogP contribution in [0, 0.1) is 3.57 Å². The lowest BCUT2D eigenvalue weighted by atomic mass is 9.82. The molecule has 1 aliphatic carbocycles. The first-order chi connectivity index (χ1) is 19.0. The molecule has 0 aromatic heterocycles. The topological polar surface area (TPSA) is 58.2 Å². The van der Waals surface area contributed by atoms with E-state index in [1.165, 1.54) is 0 Å². The van der Waals surface area contributed by atoms with E-state index in [0.717, 1.165) is 87.0 Å². The molecule has 0 amide bonds. The van der Waals surface area contributed by atoms with Crippen molar-refractivity contribution in [3.8, 4) is 0 Å². The van der Waals surface area contributed by atoms with E-state index in [9.17, 15) is 9.59 Å². The first-order valence-corrected chi connectivity index (χ1v) is 16.9. The van der Waals surface area contributed by atoms with E-state index < -0.39 is 0 Å². The second-order valence-electron chi connectivity index (χ2n) is 9.68. The molecule has 0 heterocycles. The van der Waals surface area contributed by atoms with Crippen molar-refractivity contribution >= 4 is 69.1 Å². The molecule has 0 saturated heterocycles. The van der Waals surface area contributed by atoms with Gasteiger partial charge in [-0.2, -0.15) is 0 Å². The zero-order valence-corrected chi connectivity index (χ0v) is 26.8. The molecule has 7 heteroatoms. The van der Waals surface area contributed by atoms with Gasteiger partial charge in [0.05, 0.1) is 11.1 Å². The summed E-state index contributed by atoms with van der Waals surface area (Å²) in [4.78, 5) is 31.8. The molecule has 0 saturated carbocycles. The Kier molecular flexibility index (Phi) is 11.2. The summed E-state index contributed by atoms with van der Waals surface area (Å²) in [7, 11) is 0. The van der Waals surface area contributed by atoms with Crippen LogP contribution in [0.25, 0.3) is 0 Å². The van der Waals surface area contributed by atoms with Gasteiger partial charge in [0.15, 0.2) is 11.6 Å². The number of anilines is 2. The normalized spacial score (nSPS) is 12.3. The number of unbranched alkanes of at least 4 members (excludes halogenated alkanes) is 3. The first-order valence-electron chi connectivity index (χ1n) is 14.0. The van der Waals surface area contributed by atoms with Crippen molar-refractivity contribution in [2.75, 3.05) is 29.5 Å². The minimum absolute atomic E-state index is 0.0538. The smallest absolute Gasteiger partial charge is 0.197 e. The Hall–Kier alpha value is -1.97. The fourth-order valence-electron chi connectivity index (χ4n) is 4.61. The molecular formula is C32H37IN2O2S2. The van der Waals surface area contributed by atoms with Crippen molar-refractivity contribution in [2.45, 2.75) is 74.0 Å². The fourth-order valence-corrected chi connectivity index (χ4v) is 7.47. The molecule has 206 valence electrons. The average molecular weight is 673 g/mol. The molecule has 0 fully saturated rings. The minimum atomic E-state index is -0.0656. The maximum Gasteiger partial charge on any atom is 0.197 e. The van der Waals surface area contributed by atoms with Crippen molar-refractivity contribution in [2.24, 2.45) is 0 Å². The number of carbonyl (C=O) groups is 2. The molecule has 2 N–H and O–H groups in total. The van der Waals surface area contributed by atoms with Crippen LogP contribution in [-0.4, -0.2) is 30.4 Å². The molecule has 0 atom stereocenters. The number of hydrogen-bond acceptors (Lipinski definition) is 6. The highest BCUT2D eigenvalue weighted by molar-refractivity contribution is 14.1. The Morgan fingerprint density at radius 2 is 1.18 bits per heavy atom. The Balaban J connectivity index is 1.88. The van der Waals surface area contributed by atoms with Gasteiger partial charge in [-0.15, -0.1) is 11.8 Å². The molecule has 39 heavy (non-hydrogen) atoms. The van der Waals surface area contributed by atoms with Crippen LogP contribution in [0.4, 0.5) is 11.4 Å². The van der Waals surface area contributed by atoms with Crippen LogP contribution < -0.4 is 10.6 Å². The largest absolute Gasteiger partial charge is 0.384 e. The summed E-state index contributed by atoms with van der Waals surface area (Å²) in [6, 6.07) is 16.2. The Labute approximate surface area is 255 Å². The maximum absolute atomic E-state index is 14.5. The van der Waals surface area contributed by atoms with E-state index in [4.69, 9.17) is 0 Å². The summed E-state index contributed by atoms with van der Waals surface area (Å²) in [5.41, 5.74) is 3.64. The standard InChI is InChI=1S/C32H37IN2O2S2/c1-4-7-18-34-22-14-16-25(38-20-9-6-3)29-27(22)32(37)30-26(39-24-13-11-10-12-21(24)33)17-15-23(28(30)31(29)36)35-19-8-5-2/h10-17,34-35H,4-9,18-20H2,1-3H3. The zero-order chi connectivity index (χ0) is 27.8. The number of nitrogens with one attached hydrogen (secondary N) is 2. The van der Waals surface area contributed by atoms with Gasteiger partial charge < -0.3 is 10.6 Å². The molecule has 4 rings (SSSR count). The number of ketones is 2. The summed E-state index contributed by atoms with van der Waals surface area (Å²) in [5, 5.41) is 6.96. The minimum Gasteiger partial charge on any atom is -0.384 e. The molecule has 3 aromatic carbocycles.